The van der Waals surface area contributed by atoms with E-state index in [4.69, 9.17) is 5.73 Å². The number of hydrogen-bond acceptors (Lipinski definition) is 4. The molecule has 0 aliphatic heterocycles. The summed E-state index contributed by atoms with van der Waals surface area (Å²) in [5.41, 5.74) is 5.47. The minimum atomic E-state index is -3.35. The third-order valence-electron chi connectivity index (χ3n) is 3.16. The lowest BCUT2D eigenvalue weighted by atomic mass is 10.1. The molecule has 0 saturated heterocycles. The van der Waals surface area contributed by atoms with E-state index in [0.29, 0.717) is 29.8 Å². The minimum absolute atomic E-state index is 0.339. The molecule has 6 heteroatoms. The van der Waals surface area contributed by atoms with Crippen molar-refractivity contribution in [3.8, 4) is 0 Å². The second kappa shape index (κ2) is 5.06. The zero-order chi connectivity index (χ0) is 12.5. The van der Waals surface area contributed by atoms with Crippen molar-refractivity contribution in [3.05, 3.63) is 16.3 Å². The summed E-state index contributed by atoms with van der Waals surface area (Å²) in [6, 6.07) is 1.65. The molecule has 1 aliphatic rings. The van der Waals surface area contributed by atoms with E-state index >= 15 is 0 Å². The van der Waals surface area contributed by atoms with Gasteiger partial charge in [0, 0.05) is 23.3 Å². The second-order valence-electron chi connectivity index (χ2n) is 4.62. The standard InChI is InChI=1S/C11H18N2O2S2/c1-8(9-2-3-9)6-13-17(14,15)11-4-10(5-12)16-7-11/h4,7-9,13H,2-3,5-6,12H2,1H3. The van der Waals surface area contributed by atoms with Crippen LogP contribution < -0.4 is 10.5 Å². The van der Waals surface area contributed by atoms with Gasteiger partial charge in [-0.1, -0.05) is 6.92 Å². The Hall–Kier alpha value is -0.430. The maximum absolute atomic E-state index is 12.0. The van der Waals surface area contributed by atoms with Gasteiger partial charge in [-0.15, -0.1) is 11.3 Å². The quantitative estimate of drug-likeness (QED) is 0.826. The van der Waals surface area contributed by atoms with Crippen LogP contribution in [-0.4, -0.2) is 15.0 Å². The van der Waals surface area contributed by atoms with Crippen molar-refractivity contribution in [2.45, 2.75) is 31.2 Å². The third-order valence-corrected chi connectivity index (χ3v) is 5.67. The Morgan fingerprint density at radius 3 is 2.82 bits per heavy atom. The maximum Gasteiger partial charge on any atom is 0.241 e. The zero-order valence-corrected chi connectivity index (χ0v) is 11.5. The Morgan fingerprint density at radius 1 is 1.59 bits per heavy atom. The molecule has 1 aliphatic carbocycles. The molecule has 0 bridgehead atoms. The van der Waals surface area contributed by atoms with E-state index in [1.807, 2.05) is 0 Å². The van der Waals surface area contributed by atoms with Crippen molar-refractivity contribution < 1.29 is 8.42 Å². The molecule has 1 fully saturated rings. The van der Waals surface area contributed by atoms with Crippen LogP contribution in [0.4, 0.5) is 0 Å². The summed E-state index contributed by atoms with van der Waals surface area (Å²) >= 11 is 1.39. The highest BCUT2D eigenvalue weighted by Crippen LogP contribution is 2.36. The van der Waals surface area contributed by atoms with Crippen molar-refractivity contribution >= 4 is 21.4 Å². The Bertz CT molecular complexity index is 477. The highest BCUT2D eigenvalue weighted by Gasteiger charge is 2.28. The van der Waals surface area contributed by atoms with Gasteiger partial charge in [0.15, 0.2) is 0 Å². The normalized spacial score (nSPS) is 18.2. The molecule has 0 radical (unpaired) electrons. The number of sulfonamides is 1. The number of hydrogen-bond donors (Lipinski definition) is 2. The molecule has 1 heterocycles. The predicted molar refractivity (Wildman–Crippen MR) is 69.3 cm³/mol. The molecule has 0 aromatic carbocycles. The van der Waals surface area contributed by atoms with Crippen molar-refractivity contribution in [2.24, 2.45) is 17.6 Å². The lowest BCUT2D eigenvalue weighted by molar-refractivity contribution is 0.492. The van der Waals surface area contributed by atoms with Gasteiger partial charge in [-0.25, -0.2) is 13.1 Å². The highest BCUT2D eigenvalue weighted by atomic mass is 32.2. The van der Waals surface area contributed by atoms with Crippen LogP contribution in [0.1, 0.15) is 24.6 Å². The minimum Gasteiger partial charge on any atom is -0.326 e. The van der Waals surface area contributed by atoms with Gasteiger partial charge < -0.3 is 5.73 Å². The van der Waals surface area contributed by atoms with E-state index in [9.17, 15) is 8.42 Å². The first-order valence-electron chi connectivity index (χ1n) is 5.80. The van der Waals surface area contributed by atoms with Crippen molar-refractivity contribution in [3.63, 3.8) is 0 Å². The van der Waals surface area contributed by atoms with E-state index in [1.165, 1.54) is 24.2 Å². The zero-order valence-electron chi connectivity index (χ0n) is 9.85. The molecule has 1 aromatic heterocycles. The average molecular weight is 274 g/mol. The fourth-order valence-corrected chi connectivity index (χ4v) is 4.06. The van der Waals surface area contributed by atoms with Crippen LogP contribution in [0.15, 0.2) is 16.3 Å². The molecule has 4 nitrogen and oxygen atoms in total. The molecular formula is C11H18N2O2S2. The first-order valence-corrected chi connectivity index (χ1v) is 8.16. The van der Waals surface area contributed by atoms with Gasteiger partial charge in [0.1, 0.15) is 0 Å². The first kappa shape index (κ1) is 13.0. The number of thiophene rings is 1. The van der Waals surface area contributed by atoms with Crippen LogP contribution in [0.2, 0.25) is 0 Å². The summed E-state index contributed by atoms with van der Waals surface area (Å²) in [6.45, 7) is 3.01. The van der Waals surface area contributed by atoms with E-state index in [-0.39, 0.29) is 0 Å². The van der Waals surface area contributed by atoms with Gasteiger partial charge in [0.05, 0.1) is 4.90 Å². The molecule has 0 amide bonds. The lowest BCUT2D eigenvalue weighted by Crippen LogP contribution is -2.28. The predicted octanol–water partition coefficient (Wildman–Crippen LogP) is 1.53. The van der Waals surface area contributed by atoms with E-state index < -0.39 is 10.0 Å². The second-order valence-corrected chi connectivity index (χ2v) is 7.38. The smallest absolute Gasteiger partial charge is 0.241 e. The molecule has 17 heavy (non-hydrogen) atoms. The summed E-state index contributed by atoms with van der Waals surface area (Å²) in [5.74, 6) is 1.14. The topological polar surface area (TPSA) is 72.2 Å². The van der Waals surface area contributed by atoms with Crippen LogP contribution in [0.3, 0.4) is 0 Å². The van der Waals surface area contributed by atoms with Crippen molar-refractivity contribution in [1.29, 1.82) is 0 Å². The SMILES string of the molecule is CC(CNS(=O)(=O)c1csc(CN)c1)C1CC1. The Morgan fingerprint density at radius 2 is 2.29 bits per heavy atom. The molecule has 1 saturated carbocycles. The van der Waals surface area contributed by atoms with Crippen molar-refractivity contribution in [2.75, 3.05) is 6.54 Å². The molecule has 0 spiro atoms. The van der Waals surface area contributed by atoms with Gasteiger partial charge in [-0.05, 0) is 30.7 Å². The molecular weight excluding hydrogens is 256 g/mol. The molecule has 96 valence electrons. The molecule has 1 unspecified atom stereocenters. The van der Waals surface area contributed by atoms with E-state index in [0.717, 1.165) is 4.88 Å². The van der Waals surface area contributed by atoms with Crippen LogP contribution in [0.5, 0.6) is 0 Å². The van der Waals surface area contributed by atoms with Gasteiger partial charge in [-0.2, -0.15) is 0 Å². The van der Waals surface area contributed by atoms with Gasteiger partial charge in [0.2, 0.25) is 10.0 Å². The van der Waals surface area contributed by atoms with Gasteiger partial charge >= 0.3 is 0 Å². The Labute approximate surface area is 106 Å². The molecule has 1 aromatic rings. The summed E-state index contributed by atoms with van der Waals surface area (Å²) in [6.07, 6.45) is 2.47. The highest BCUT2D eigenvalue weighted by molar-refractivity contribution is 7.89. The maximum atomic E-state index is 12.0. The Balaban J connectivity index is 1.97. The largest absolute Gasteiger partial charge is 0.326 e. The summed E-state index contributed by atoms with van der Waals surface area (Å²) in [4.78, 5) is 1.23. The number of nitrogens with one attached hydrogen (secondary N) is 1. The number of rotatable bonds is 6. The van der Waals surface area contributed by atoms with Crippen LogP contribution >= 0.6 is 11.3 Å². The fourth-order valence-electron chi connectivity index (χ4n) is 1.76. The summed E-state index contributed by atoms with van der Waals surface area (Å²) in [5, 5.41) is 1.65. The monoisotopic (exact) mass is 274 g/mol. The number of nitrogens with two attached hydrogens (primary N) is 1. The molecule has 2 rings (SSSR count). The van der Waals surface area contributed by atoms with E-state index in [2.05, 4.69) is 11.6 Å². The van der Waals surface area contributed by atoms with E-state index in [1.54, 1.807) is 11.4 Å². The van der Waals surface area contributed by atoms with Gasteiger partial charge in [-0.3, -0.25) is 0 Å². The van der Waals surface area contributed by atoms with Gasteiger partial charge in [0.25, 0.3) is 0 Å². The van der Waals surface area contributed by atoms with Crippen LogP contribution in [0.25, 0.3) is 0 Å². The lowest BCUT2D eigenvalue weighted by Gasteiger charge is -2.10. The molecule has 1 atom stereocenters. The molecule has 3 N–H and O–H groups in total. The van der Waals surface area contributed by atoms with Crippen LogP contribution in [0, 0.1) is 11.8 Å². The summed E-state index contributed by atoms with van der Waals surface area (Å²) in [7, 11) is -3.35. The van der Waals surface area contributed by atoms with Crippen molar-refractivity contribution in [1.82, 2.24) is 4.72 Å². The summed E-state index contributed by atoms with van der Waals surface area (Å²) < 4.78 is 26.6. The Kier molecular flexibility index (Phi) is 3.87. The fraction of sp³-hybridized carbons (Fsp3) is 0.636. The third kappa shape index (κ3) is 3.28. The van der Waals surface area contributed by atoms with Crippen LogP contribution in [-0.2, 0) is 16.6 Å². The average Bonchev–Trinajstić information content (AvgIpc) is 3.03. The first-order chi connectivity index (χ1) is 8.03.